The lowest BCUT2D eigenvalue weighted by Gasteiger charge is -2.00. The van der Waals surface area contributed by atoms with Gasteiger partial charge in [0.25, 0.3) is 0 Å². The number of carbonyl (C=O) groups excluding carboxylic acids is 1. The van der Waals surface area contributed by atoms with Crippen molar-refractivity contribution in [2.75, 3.05) is 0 Å². The molecule has 2 rings (SSSR count). The van der Waals surface area contributed by atoms with Crippen LogP contribution in [0.3, 0.4) is 0 Å². The Kier molecular flexibility index (Phi) is 3.09. The second kappa shape index (κ2) is 4.37. The fourth-order valence-corrected chi connectivity index (χ4v) is 1.89. The van der Waals surface area contributed by atoms with Crippen molar-refractivity contribution < 1.29 is 4.79 Å². The van der Waals surface area contributed by atoms with Crippen molar-refractivity contribution in [3.63, 3.8) is 0 Å². The third kappa shape index (κ3) is 2.16. The SMILES string of the molecule is CC(=O)c1cn(-c2ccc(I)cc2)nc1C. The topological polar surface area (TPSA) is 34.9 Å². The average molecular weight is 326 g/mol. The van der Waals surface area contributed by atoms with E-state index in [-0.39, 0.29) is 5.78 Å². The first-order valence-corrected chi connectivity index (χ1v) is 5.99. The molecule has 2 aromatic rings. The number of Topliss-reactive ketones (excluding diaryl/α,β-unsaturated/α-hetero) is 1. The molecule has 3 nitrogen and oxygen atoms in total. The van der Waals surface area contributed by atoms with Crippen LogP contribution in [0.1, 0.15) is 23.0 Å². The van der Waals surface area contributed by atoms with E-state index in [4.69, 9.17) is 0 Å². The van der Waals surface area contributed by atoms with E-state index in [0.717, 1.165) is 11.4 Å². The van der Waals surface area contributed by atoms with Crippen LogP contribution in [0.2, 0.25) is 0 Å². The molecule has 16 heavy (non-hydrogen) atoms. The van der Waals surface area contributed by atoms with Gasteiger partial charge in [0, 0.05) is 9.77 Å². The van der Waals surface area contributed by atoms with Crippen molar-refractivity contribution in [1.29, 1.82) is 0 Å². The van der Waals surface area contributed by atoms with Gasteiger partial charge in [-0.1, -0.05) is 0 Å². The molecule has 0 radical (unpaired) electrons. The van der Waals surface area contributed by atoms with Crippen molar-refractivity contribution in [3.8, 4) is 5.69 Å². The monoisotopic (exact) mass is 326 g/mol. The zero-order chi connectivity index (χ0) is 11.7. The predicted octanol–water partition coefficient (Wildman–Crippen LogP) is 2.99. The van der Waals surface area contributed by atoms with Gasteiger partial charge in [0.2, 0.25) is 0 Å². The number of aromatic nitrogens is 2. The van der Waals surface area contributed by atoms with Crippen LogP contribution in [0.4, 0.5) is 0 Å². The maximum absolute atomic E-state index is 11.3. The molecule has 0 aliphatic carbocycles. The van der Waals surface area contributed by atoms with E-state index in [9.17, 15) is 4.79 Å². The van der Waals surface area contributed by atoms with E-state index in [1.54, 1.807) is 17.8 Å². The number of aryl methyl sites for hydroxylation is 1. The van der Waals surface area contributed by atoms with Gasteiger partial charge in [-0.2, -0.15) is 5.10 Å². The highest BCUT2D eigenvalue weighted by atomic mass is 127. The Morgan fingerprint density at radius 2 is 1.94 bits per heavy atom. The van der Waals surface area contributed by atoms with Gasteiger partial charge in [0.15, 0.2) is 5.78 Å². The Labute approximate surface area is 108 Å². The van der Waals surface area contributed by atoms with Gasteiger partial charge in [-0.05, 0) is 60.7 Å². The lowest BCUT2D eigenvalue weighted by atomic mass is 10.2. The highest BCUT2D eigenvalue weighted by Crippen LogP contribution is 2.14. The Morgan fingerprint density at radius 3 is 2.44 bits per heavy atom. The van der Waals surface area contributed by atoms with Crippen LogP contribution in [0.25, 0.3) is 5.69 Å². The molecule has 0 atom stereocenters. The summed E-state index contributed by atoms with van der Waals surface area (Å²) in [4.78, 5) is 11.3. The second-order valence-corrected chi connectivity index (χ2v) is 4.85. The van der Waals surface area contributed by atoms with Crippen molar-refractivity contribution in [1.82, 2.24) is 9.78 Å². The molecule has 0 bridgehead atoms. The van der Waals surface area contributed by atoms with E-state index < -0.39 is 0 Å². The summed E-state index contributed by atoms with van der Waals surface area (Å²) >= 11 is 2.25. The van der Waals surface area contributed by atoms with E-state index >= 15 is 0 Å². The minimum absolute atomic E-state index is 0.0502. The van der Waals surface area contributed by atoms with Gasteiger partial charge in [0.1, 0.15) is 0 Å². The molecule has 0 N–H and O–H groups in total. The van der Waals surface area contributed by atoms with Crippen LogP contribution < -0.4 is 0 Å². The van der Waals surface area contributed by atoms with Crippen LogP contribution in [-0.4, -0.2) is 15.6 Å². The molecule has 82 valence electrons. The Bertz CT molecular complexity index is 528. The van der Waals surface area contributed by atoms with Gasteiger partial charge in [-0.25, -0.2) is 4.68 Å². The third-order valence-electron chi connectivity index (χ3n) is 2.37. The summed E-state index contributed by atoms with van der Waals surface area (Å²) in [5, 5.41) is 4.33. The van der Waals surface area contributed by atoms with Crippen LogP contribution in [-0.2, 0) is 0 Å². The summed E-state index contributed by atoms with van der Waals surface area (Å²) in [5.74, 6) is 0.0502. The highest BCUT2D eigenvalue weighted by molar-refractivity contribution is 14.1. The van der Waals surface area contributed by atoms with Crippen LogP contribution in [0.15, 0.2) is 30.5 Å². The summed E-state index contributed by atoms with van der Waals surface area (Å²) in [6.45, 7) is 3.40. The maximum Gasteiger partial charge on any atom is 0.163 e. The minimum atomic E-state index is 0.0502. The fraction of sp³-hybridized carbons (Fsp3) is 0.167. The van der Waals surface area contributed by atoms with Gasteiger partial charge in [0.05, 0.1) is 16.9 Å². The number of halogens is 1. The first kappa shape index (κ1) is 11.3. The van der Waals surface area contributed by atoms with Gasteiger partial charge >= 0.3 is 0 Å². The summed E-state index contributed by atoms with van der Waals surface area (Å²) < 4.78 is 2.92. The van der Waals surface area contributed by atoms with E-state index in [1.165, 1.54) is 3.57 Å². The van der Waals surface area contributed by atoms with Crippen LogP contribution >= 0.6 is 22.6 Å². The molecule has 0 fully saturated rings. The zero-order valence-electron chi connectivity index (χ0n) is 9.07. The highest BCUT2D eigenvalue weighted by Gasteiger charge is 2.09. The number of ketones is 1. The molecular formula is C12H11IN2O. The minimum Gasteiger partial charge on any atom is -0.294 e. The lowest BCUT2D eigenvalue weighted by molar-refractivity contribution is 0.101. The predicted molar refractivity (Wildman–Crippen MR) is 71.0 cm³/mol. The Morgan fingerprint density at radius 1 is 1.31 bits per heavy atom. The molecule has 0 aliphatic rings. The smallest absolute Gasteiger partial charge is 0.163 e. The first-order valence-electron chi connectivity index (χ1n) is 4.91. The summed E-state index contributed by atoms with van der Waals surface area (Å²) in [6, 6.07) is 8.00. The molecule has 1 aromatic carbocycles. The van der Waals surface area contributed by atoms with Crippen molar-refractivity contribution in [3.05, 3.63) is 45.3 Å². The van der Waals surface area contributed by atoms with E-state index in [1.807, 2.05) is 31.2 Å². The molecule has 0 spiro atoms. The molecule has 0 saturated heterocycles. The molecule has 0 saturated carbocycles. The molecule has 0 amide bonds. The number of nitrogens with zero attached hydrogens (tertiary/aromatic N) is 2. The standard InChI is InChI=1S/C12H11IN2O/c1-8-12(9(2)16)7-15(14-8)11-5-3-10(13)4-6-11/h3-7H,1-2H3. The number of hydrogen-bond acceptors (Lipinski definition) is 2. The fourth-order valence-electron chi connectivity index (χ4n) is 1.53. The van der Waals surface area contributed by atoms with Crippen molar-refractivity contribution in [2.24, 2.45) is 0 Å². The molecule has 1 heterocycles. The van der Waals surface area contributed by atoms with Crippen LogP contribution in [0, 0.1) is 10.5 Å². The Balaban J connectivity index is 2.45. The molecular weight excluding hydrogens is 315 g/mol. The zero-order valence-corrected chi connectivity index (χ0v) is 11.2. The number of rotatable bonds is 2. The summed E-state index contributed by atoms with van der Waals surface area (Å²) in [7, 11) is 0. The average Bonchev–Trinajstić information content (AvgIpc) is 2.61. The quantitative estimate of drug-likeness (QED) is 0.628. The van der Waals surface area contributed by atoms with E-state index in [0.29, 0.717) is 5.56 Å². The largest absolute Gasteiger partial charge is 0.294 e. The lowest BCUT2D eigenvalue weighted by Crippen LogP contribution is -1.94. The number of benzene rings is 1. The molecule has 0 aliphatic heterocycles. The molecule has 1 aromatic heterocycles. The molecule has 0 unspecified atom stereocenters. The Hall–Kier alpha value is -1.17. The maximum atomic E-state index is 11.3. The van der Waals surface area contributed by atoms with Crippen LogP contribution in [0.5, 0.6) is 0 Å². The van der Waals surface area contributed by atoms with Gasteiger partial charge in [-0.3, -0.25) is 4.79 Å². The normalized spacial score (nSPS) is 10.4. The van der Waals surface area contributed by atoms with E-state index in [2.05, 4.69) is 27.7 Å². The van der Waals surface area contributed by atoms with Crippen molar-refractivity contribution in [2.45, 2.75) is 13.8 Å². The second-order valence-electron chi connectivity index (χ2n) is 3.61. The first-order chi connectivity index (χ1) is 7.58. The number of hydrogen-bond donors (Lipinski definition) is 0. The number of carbonyl (C=O) groups is 1. The van der Waals surface area contributed by atoms with Gasteiger partial charge < -0.3 is 0 Å². The third-order valence-corrected chi connectivity index (χ3v) is 3.09. The molecule has 4 heteroatoms. The van der Waals surface area contributed by atoms with Crippen molar-refractivity contribution >= 4 is 28.4 Å². The van der Waals surface area contributed by atoms with Gasteiger partial charge in [-0.15, -0.1) is 0 Å². The summed E-state index contributed by atoms with van der Waals surface area (Å²) in [5.41, 5.74) is 2.42. The summed E-state index contributed by atoms with van der Waals surface area (Å²) in [6.07, 6.45) is 1.78.